The monoisotopic (exact) mass is 400 g/mol. The number of nitrogens with one attached hydrogen (secondary N) is 1. The Labute approximate surface area is 173 Å². The molecule has 1 aromatic carbocycles. The Morgan fingerprint density at radius 2 is 1.66 bits per heavy atom. The van der Waals surface area contributed by atoms with Gasteiger partial charge < -0.3 is 9.47 Å². The van der Waals surface area contributed by atoms with Crippen LogP contribution in [0.3, 0.4) is 0 Å². The van der Waals surface area contributed by atoms with E-state index >= 15 is 0 Å². The Bertz CT molecular complexity index is 757. The molecule has 158 valence electrons. The van der Waals surface area contributed by atoms with Crippen molar-refractivity contribution in [3.63, 3.8) is 0 Å². The van der Waals surface area contributed by atoms with Crippen LogP contribution < -0.4 is 5.43 Å². The van der Waals surface area contributed by atoms with E-state index in [0.717, 1.165) is 5.56 Å². The van der Waals surface area contributed by atoms with Gasteiger partial charge in [0.25, 0.3) is 0 Å². The van der Waals surface area contributed by atoms with Crippen molar-refractivity contribution in [2.45, 2.75) is 65.2 Å². The predicted octanol–water partition coefficient (Wildman–Crippen LogP) is 5.32. The summed E-state index contributed by atoms with van der Waals surface area (Å²) >= 11 is 0. The molecule has 0 saturated heterocycles. The van der Waals surface area contributed by atoms with Gasteiger partial charge in [-0.05, 0) is 53.5 Å². The molecule has 2 amide bonds. The van der Waals surface area contributed by atoms with Crippen molar-refractivity contribution in [1.29, 1.82) is 0 Å². The summed E-state index contributed by atoms with van der Waals surface area (Å²) < 4.78 is 10.9. The lowest BCUT2D eigenvalue weighted by Crippen LogP contribution is -2.55. The van der Waals surface area contributed by atoms with Crippen LogP contribution in [0.25, 0.3) is 6.08 Å². The molecule has 6 nitrogen and oxygen atoms in total. The van der Waals surface area contributed by atoms with E-state index in [1.807, 2.05) is 54.6 Å². The average molecular weight is 401 g/mol. The zero-order valence-corrected chi connectivity index (χ0v) is 18.1. The van der Waals surface area contributed by atoms with Gasteiger partial charge in [0.2, 0.25) is 0 Å². The molecule has 2 atom stereocenters. The highest BCUT2D eigenvalue weighted by molar-refractivity contribution is 5.75. The van der Waals surface area contributed by atoms with Crippen LogP contribution >= 0.6 is 0 Å². The molecule has 0 fully saturated rings. The van der Waals surface area contributed by atoms with Gasteiger partial charge in [0.15, 0.2) is 0 Å². The second-order valence-corrected chi connectivity index (χ2v) is 9.04. The third-order valence-corrected chi connectivity index (χ3v) is 4.02. The zero-order chi connectivity index (χ0) is 21.7. The molecule has 0 radical (unpaired) electrons. The van der Waals surface area contributed by atoms with E-state index in [9.17, 15) is 9.59 Å². The highest BCUT2D eigenvalue weighted by Gasteiger charge is 2.35. The van der Waals surface area contributed by atoms with Gasteiger partial charge in [-0.3, -0.25) is 0 Å². The fraction of sp³-hybridized carbons (Fsp3) is 0.478. The highest BCUT2D eigenvalue weighted by Crippen LogP contribution is 2.26. The summed E-state index contributed by atoms with van der Waals surface area (Å²) in [6.45, 7) is 10.7. The first kappa shape index (κ1) is 22.5. The van der Waals surface area contributed by atoms with E-state index < -0.39 is 23.4 Å². The number of amides is 2. The normalized spacial score (nSPS) is 19.2. The second kappa shape index (κ2) is 9.16. The number of hydrogen-bond acceptors (Lipinski definition) is 4. The molecule has 6 heteroatoms. The third-order valence-electron chi connectivity index (χ3n) is 4.02. The Morgan fingerprint density at radius 3 is 2.24 bits per heavy atom. The summed E-state index contributed by atoms with van der Waals surface area (Å²) in [5, 5.41) is 1.25. The Balaban J connectivity index is 2.20. The van der Waals surface area contributed by atoms with Crippen molar-refractivity contribution in [3.05, 3.63) is 54.1 Å². The number of benzene rings is 1. The molecule has 0 heterocycles. The summed E-state index contributed by atoms with van der Waals surface area (Å²) in [5.41, 5.74) is 2.29. The maximum Gasteiger partial charge on any atom is 0.429 e. The topological polar surface area (TPSA) is 67.9 Å². The van der Waals surface area contributed by atoms with Gasteiger partial charge in [-0.1, -0.05) is 54.6 Å². The van der Waals surface area contributed by atoms with Gasteiger partial charge in [0, 0.05) is 5.92 Å². The summed E-state index contributed by atoms with van der Waals surface area (Å²) in [5.74, 6) is -0.0716. The van der Waals surface area contributed by atoms with Crippen molar-refractivity contribution >= 4 is 18.3 Å². The largest absolute Gasteiger partial charge is 0.443 e. The Hall–Kier alpha value is -2.76. The molecule has 0 aliphatic heterocycles. The number of carbonyl (C=O) groups is 2. The van der Waals surface area contributed by atoms with Crippen molar-refractivity contribution in [1.82, 2.24) is 10.4 Å². The Morgan fingerprint density at radius 1 is 1.03 bits per heavy atom. The van der Waals surface area contributed by atoms with Crippen LogP contribution in [0.4, 0.5) is 9.59 Å². The van der Waals surface area contributed by atoms with E-state index in [0.29, 0.717) is 6.42 Å². The van der Waals surface area contributed by atoms with Crippen molar-refractivity contribution < 1.29 is 19.1 Å². The van der Waals surface area contributed by atoms with Crippen LogP contribution in [0.15, 0.2) is 48.6 Å². The van der Waals surface area contributed by atoms with Crippen LogP contribution in [0.2, 0.25) is 0 Å². The second-order valence-electron chi connectivity index (χ2n) is 9.04. The highest BCUT2D eigenvalue weighted by atomic mass is 16.6. The molecule has 1 aromatic rings. The SMILES string of the molecule is CC(C)(C)OC(=O)NN(C(=O)OC(C)(C)C)[C@@H]1CC=C[C@H]1/C=C/c1ccccc1. The fourth-order valence-corrected chi connectivity index (χ4v) is 2.89. The average Bonchev–Trinajstić information content (AvgIpc) is 3.04. The predicted molar refractivity (Wildman–Crippen MR) is 114 cm³/mol. The summed E-state index contributed by atoms with van der Waals surface area (Å²) in [6, 6.07) is 9.61. The Kier molecular flexibility index (Phi) is 7.11. The number of carbonyl (C=O) groups excluding carboxylic acids is 2. The first-order chi connectivity index (χ1) is 13.4. The molecule has 29 heavy (non-hydrogen) atoms. The molecule has 1 aliphatic carbocycles. The number of rotatable bonds is 3. The minimum Gasteiger partial charge on any atom is -0.443 e. The van der Waals surface area contributed by atoms with Gasteiger partial charge in [0.1, 0.15) is 11.2 Å². The fourth-order valence-electron chi connectivity index (χ4n) is 2.89. The molecule has 0 unspecified atom stereocenters. The number of hydrogen-bond donors (Lipinski definition) is 1. The van der Waals surface area contributed by atoms with Gasteiger partial charge >= 0.3 is 12.2 Å². The molecule has 0 aromatic heterocycles. The molecule has 1 N–H and O–H groups in total. The van der Waals surface area contributed by atoms with Crippen LogP contribution in [0.1, 0.15) is 53.5 Å². The van der Waals surface area contributed by atoms with E-state index in [-0.39, 0.29) is 12.0 Å². The van der Waals surface area contributed by atoms with E-state index in [1.54, 1.807) is 41.5 Å². The first-order valence-electron chi connectivity index (χ1n) is 9.86. The first-order valence-corrected chi connectivity index (χ1v) is 9.86. The molecule has 0 bridgehead atoms. The minimum atomic E-state index is -0.693. The maximum absolute atomic E-state index is 12.8. The lowest BCUT2D eigenvalue weighted by atomic mass is 10.0. The van der Waals surface area contributed by atoms with Crippen molar-refractivity contribution in [2.75, 3.05) is 0 Å². The summed E-state index contributed by atoms with van der Waals surface area (Å²) in [7, 11) is 0. The zero-order valence-electron chi connectivity index (χ0n) is 18.1. The number of nitrogens with zero attached hydrogens (tertiary/aromatic N) is 1. The van der Waals surface area contributed by atoms with Crippen LogP contribution in [0, 0.1) is 5.92 Å². The maximum atomic E-state index is 12.8. The van der Waals surface area contributed by atoms with Crippen LogP contribution in [-0.4, -0.2) is 34.4 Å². The van der Waals surface area contributed by atoms with Gasteiger partial charge in [-0.2, -0.15) is 0 Å². The quantitative estimate of drug-likeness (QED) is 0.551. The minimum absolute atomic E-state index is 0.0716. The molecule has 0 spiro atoms. The summed E-state index contributed by atoms with van der Waals surface area (Å²) in [6.07, 6.45) is 7.35. The molecule has 2 rings (SSSR count). The van der Waals surface area contributed by atoms with E-state index in [4.69, 9.17) is 9.47 Å². The lowest BCUT2D eigenvalue weighted by Gasteiger charge is -2.34. The van der Waals surface area contributed by atoms with Crippen molar-refractivity contribution in [2.24, 2.45) is 5.92 Å². The number of hydrazine groups is 1. The van der Waals surface area contributed by atoms with Gasteiger partial charge in [-0.25, -0.2) is 20.0 Å². The third kappa shape index (κ3) is 7.64. The van der Waals surface area contributed by atoms with E-state index in [1.165, 1.54) is 5.01 Å². The standard InChI is InChI=1S/C23H32N2O4/c1-22(2,3)28-20(26)24-25(21(27)29-23(4,5)6)19-14-10-13-18(19)16-15-17-11-8-7-9-12-17/h7-13,15-16,18-19H,14H2,1-6H3,(H,24,26)/b16-15+/t18-,19+/m0/s1. The summed E-state index contributed by atoms with van der Waals surface area (Å²) in [4.78, 5) is 25.2. The van der Waals surface area contributed by atoms with Crippen molar-refractivity contribution in [3.8, 4) is 0 Å². The smallest absolute Gasteiger partial charge is 0.429 e. The van der Waals surface area contributed by atoms with E-state index in [2.05, 4.69) is 5.43 Å². The molecular weight excluding hydrogens is 368 g/mol. The van der Waals surface area contributed by atoms with Crippen LogP contribution in [0.5, 0.6) is 0 Å². The number of ether oxygens (including phenoxy) is 2. The lowest BCUT2D eigenvalue weighted by molar-refractivity contribution is -0.0111. The van der Waals surface area contributed by atoms with Gasteiger partial charge in [-0.15, -0.1) is 0 Å². The molecular formula is C23H32N2O4. The molecule has 1 aliphatic rings. The molecule has 0 saturated carbocycles. The van der Waals surface area contributed by atoms with Crippen LogP contribution in [-0.2, 0) is 9.47 Å². The van der Waals surface area contributed by atoms with Gasteiger partial charge in [0.05, 0.1) is 6.04 Å².